The first-order valence-electron chi connectivity index (χ1n) is 6.89. The first kappa shape index (κ1) is 14.5. The molecule has 1 fully saturated rings. The summed E-state index contributed by atoms with van der Waals surface area (Å²) in [4.78, 5) is 0. The predicted octanol–water partition coefficient (Wildman–Crippen LogP) is 2.21. The van der Waals surface area contributed by atoms with E-state index in [1.165, 1.54) is 0 Å². The maximum absolute atomic E-state index is 12.2. The molecule has 0 aliphatic carbocycles. The molecular formula is C14H22N2O2S. The Morgan fingerprint density at radius 1 is 1.11 bits per heavy atom. The normalized spacial score (nSPS) is 18.2. The van der Waals surface area contributed by atoms with Crippen molar-refractivity contribution in [1.29, 1.82) is 0 Å². The molecule has 0 radical (unpaired) electrons. The molecule has 1 aromatic rings. The average Bonchev–Trinajstić information content (AvgIpc) is 2.67. The Morgan fingerprint density at radius 2 is 1.74 bits per heavy atom. The van der Waals surface area contributed by atoms with Gasteiger partial charge in [0.15, 0.2) is 0 Å². The number of aryl methyl sites for hydroxylation is 1. The van der Waals surface area contributed by atoms with Crippen molar-refractivity contribution >= 4 is 10.2 Å². The third-order valence-electron chi connectivity index (χ3n) is 3.61. The van der Waals surface area contributed by atoms with Gasteiger partial charge in [-0.3, -0.25) is 0 Å². The standard InChI is InChI=1S/C14H22N2O2S/c1-13-8-4-5-9-14(13)12-15-19(17,18)16-10-6-2-3-7-11-16/h4-5,8-9,15H,2-3,6-7,10-12H2,1H3. The highest BCUT2D eigenvalue weighted by Gasteiger charge is 2.22. The first-order valence-corrected chi connectivity index (χ1v) is 8.33. The van der Waals surface area contributed by atoms with Gasteiger partial charge in [-0.15, -0.1) is 0 Å². The predicted molar refractivity (Wildman–Crippen MR) is 77.0 cm³/mol. The molecule has 0 unspecified atom stereocenters. The molecule has 0 atom stereocenters. The van der Waals surface area contributed by atoms with Crippen molar-refractivity contribution < 1.29 is 8.42 Å². The van der Waals surface area contributed by atoms with Crippen LogP contribution in [0, 0.1) is 6.92 Å². The second kappa shape index (κ2) is 6.50. The van der Waals surface area contributed by atoms with Gasteiger partial charge in [0.1, 0.15) is 0 Å². The van der Waals surface area contributed by atoms with Crippen LogP contribution in [0.3, 0.4) is 0 Å². The molecule has 1 N–H and O–H groups in total. The summed E-state index contributed by atoms with van der Waals surface area (Å²) in [6.07, 6.45) is 4.18. The summed E-state index contributed by atoms with van der Waals surface area (Å²) < 4.78 is 28.8. The van der Waals surface area contributed by atoms with Gasteiger partial charge >= 0.3 is 0 Å². The molecule has 4 nitrogen and oxygen atoms in total. The van der Waals surface area contributed by atoms with Crippen LogP contribution in [-0.4, -0.2) is 25.8 Å². The second-order valence-electron chi connectivity index (χ2n) is 5.07. The van der Waals surface area contributed by atoms with Gasteiger partial charge in [0.05, 0.1) is 0 Å². The Balaban J connectivity index is 1.99. The summed E-state index contributed by atoms with van der Waals surface area (Å²) in [6, 6.07) is 7.85. The van der Waals surface area contributed by atoms with Crippen molar-refractivity contribution in [3.05, 3.63) is 35.4 Å². The topological polar surface area (TPSA) is 49.4 Å². The van der Waals surface area contributed by atoms with E-state index in [2.05, 4.69) is 4.72 Å². The van der Waals surface area contributed by atoms with Gasteiger partial charge in [0.25, 0.3) is 10.2 Å². The molecule has 0 saturated carbocycles. The Morgan fingerprint density at radius 3 is 2.37 bits per heavy atom. The van der Waals surface area contributed by atoms with Crippen molar-refractivity contribution in [2.75, 3.05) is 13.1 Å². The maximum Gasteiger partial charge on any atom is 0.279 e. The number of rotatable bonds is 4. The van der Waals surface area contributed by atoms with Crippen LogP contribution in [0.25, 0.3) is 0 Å². The van der Waals surface area contributed by atoms with Crippen LogP contribution in [0.5, 0.6) is 0 Å². The largest absolute Gasteiger partial charge is 0.279 e. The number of nitrogens with one attached hydrogen (secondary N) is 1. The molecule has 0 amide bonds. The summed E-state index contributed by atoms with van der Waals surface area (Å²) in [5, 5.41) is 0. The highest BCUT2D eigenvalue weighted by Crippen LogP contribution is 2.13. The van der Waals surface area contributed by atoms with E-state index in [4.69, 9.17) is 0 Å². The summed E-state index contributed by atoms with van der Waals surface area (Å²) in [6.45, 7) is 3.65. The van der Waals surface area contributed by atoms with Crippen LogP contribution in [0.2, 0.25) is 0 Å². The fraction of sp³-hybridized carbons (Fsp3) is 0.571. The van der Waals surface area contributed by atoms with Crippen LogP contribution in [0.15, 0.2) is 24.3 Å². The van der Waals surface area contributed by atoms with Crippen molar-refractivity contribution in [3.8, 4) is 0 Å². The number of benzene rings is 1. The minimum absolute atomic E-state index is 0.367. The Labute approximate surface area is 116 Å². The Hall–Kier alpha value is -0.910. The minimum atomic E-state index is -3.34. The highest BCUT2D eigenvalue weighted by atomic mass is 32.2. The molecule has 0 aromatic heterocycles. The fourth-order valence-electron chi connectivity index (χ4n) is 2.35. The summed E-state index contributed by atoms with van der Waals surface area (Å²) in [7, 11) is -3.34. The van der Waals surface area contributed by atoms with Crippen LogP contribution in [-0.2, 0) is 16.8 Å². The molecule has 5 heteroatoms. The molecule has 106 valence electrons. The molecule has 1 aromatic carbocycles. The average molecular weight is 282 g/mol. The molecule has 1 heterocycles. The third-order valence-corrected chi connectivity index (χ3v) is 5.17. The molecule has 1 aliphatic rings. The van der Waals surface area contributed by atoms with Crippen LogP contribution in [0.1, 0.15) is 36.8 Å². The van der Waals surface area contributed by atoms with E-state index in [9.17, 15) is 8.42 Å². The van der Waals surface area contributed by atoms with Gasteiger partial charge in [-0.2, -0.15) is 17.4 Å². The lowest BCUT2D eigenvalue weighted by molar-refractivity contribution is 0.414. The lowest BCUT2D eigenvalue weighted by atomic mass is 10.1. The number of nitrogens with zero attached hydrogens (tertiary/aromatic N) is 1. The van der Waals surface area contributed by atoms with E-state index in [0.29, 0.717) is 19.6 Å². The number of hydrogen-bond donors (Lipinski definition) is 1. The van der Waals surface area contributed by atoms with Gasteiger partial charge in [-0.05, 0) is 30.9 Å². The number of hydrogen-bond acceptors (Lipinski definition) is 2. The smallest absolute Gasteiger partial charge is 0.198 e. The van der Waals surface area contributed by atoms with Crippen LogP contribution in [0.4, 0.5) is 0 Å². The van der Waals surface area contributed by atoms with E-state index in [-0.39, 0.29) is 0 Å². The monoisotopic (exact) mass is 282 g/mol. The van der Waals surface area contributed by atoms with Gasteiger partial charge < -0.3 is 0 Å². The molecule has 1 aliphatic heterocycles. The zero-order chi connectivity index (χ0) is 13.7. The van der Waals surface area contributed by atoms with Gasteiger partial charge in [0, 0.05) is 19.6 Å². The van der Waals surface area contributed by atoms with Gasteiger partial charge in [-0.25, -0.2) is 0 Å². The molecule has 1 saturated heterocycles. The molecular weight excluding hydrogens is 260 g/mol. The Bertz CT molecular complexity index is 506. The summed E-state index contributed by atoms with van der Waals surface area (Å²) in [5.74, 6) is 0. The summed E-state index contributed by atoms with van der Waals surface area (Å²) >= 11 is 0. The SMILES string of the molecule is Cc1ccccc1CNS(=O)(=O)N1CCCCCC1. The second-order valence-corrected chi connectivity index (χ2v) is 6.82. The Kier molecular flexibility index (Phi) is 4.96. The lowest BCUT2D eigenvalue weighted by Gasteiger charge is -2.20. The zero-order valence-corrected chi connectivity index (χ0v) is 12.2. The lowest BCUT2D eigenvalue weighted by Crippen LogP contribution is -2.40. The quantitative estimate of drug-likeness (QED) is 0.920. The maximum atomic E-state index is 12.2. The van der Waals surface area contributed by atoms with E-state index in [1.807, 2.05) is 31.2 Å². The molecule has 0 spiro atoms. The molecule has 2 rings (SSSR count). The van der Waals surface area contributed by atoms with Gasteiger partial charge in [0.2, 0.25) is 0 Å². The molecule has 19 heavy (non-hydrogen) atoms. The van der Waals surface area contributed by atoms with Crippen molar-refractivity contribution in [3.63, 3.8) is 0 Å². The third kappa shape index (κ3) is 4.03. The van der Waals surface area contributed by atoms with Gasteiger partial charge in [-0.1, -0.05) is 37.1 Å². The van der Waals surface area contributed by atoms with Crippen LogP contribution < -0.4 is 4.72 Å². The van der Waals surface area contributed by atoms with E-state index < -0.39 is 10.2 Å². The van der Waals surface area contributed by atoms with E-state index in [0.717, 1.165) is 36.8 Å². The minimum Gasteiger partial charge on any atom is -0.198 e. The highest BCUT2D eigenvalue weighted by molar-refractivity contribution is 7.87. The van der Waals surface area contributed by atoms with Crippen molar-refractivity contribution in [1.82, 2.24) is 9.03 Å². The molecule has 0 bridgehead atoms. The van der Waals surface area contributed by atoms with Crippen molar-refractivity contribution in [2.24, 2.45) is 0 Å². The first-order chi connectivity index (χ1) is 9.09. The van der Waals surface area contributed by atoms with Crippen molar-refractivity contribution in [2.45, 2.75) is 39.2 Å². The fourth-order valence-corrected chi connectivity index (χ4v) is 3.61. The summed E-state index contributed by atoms with van der Waals surface area (Å²) in [5.41, 5.74) is 2.14. The van der Waals surface area contributed by atoms with Crippen LogP contribution >= 0.6 is 0 Å². The van der Waals surface area contributed by atoms with E-state index >= 15 is 0 Å². The van der Waals surface area contributed by atoms with E-state index in [1.54, 1.807) is 4.31 Å². The zero-order valence-electron chi connectivity index (χ0n) is 11.4.